The molecule has 0 radical (unpaired) electrons. The molecule has 0 saturated heterocycles. The molecule has 0 atom stereocenters. The summed E-state index contributed by atoms with van der Waals surface area (Å²) in [4.78, 5) is 16.2. The number of nitrogens with zero attached hydrogens (tertiary/aromatic N) is 1. The van der Waals surface area contributed by atoms with Crippen LogP contribution in [-0.2, 0) is 6.54 Å². The zero-order chi connectivity index (χ0) is 14.0. The van der Waals surface area contributed by atoms with Gasteiger partial charge in [-0.05, 0) is 44.5 Å². The van der Waals surface area contributed by atoms with Gasteiger partial charge in [-0.15, -0.1) is 0 Å². The molecule has 19 heavy (non-hydrogen) atoms. The second kappa shape index (κ2) is 5.14. The molecule has 1 aromatic heterocycles. The maximum Gasteiger partial charge on any atom is 0.251 e. The molecule has 5 nitrogen and oxygen atoms in total. The molecular formula is C14H17N3O2. The largest absolute Gasteiger partial charge is 0.444 e. The van der Waals surface area contributed by atoms with Gasteiger partial charge in [0.1, 0.15) is 5.76 Å². The van der Waals surface area contributed by atoms with Crippen LogP contribution in [0.25, 0.3) is 0 Å². The third-order valence-corrected chi connectivity index (χ3v) is 3.00. The molecule has 1 amide bonds. The van der Waals surface area contributed by atoms with Crippen molar-refractivity contribution in [1.29, 1.82) is 0 Å². The number of nitrogen functional groups attached to an aromatic ring is 1. The normalized spacial score (nSPS) is 10.5. The number of rotatable bonds is 3. The van der Waals surface area contributed by atoms with Crippen LogP contribution in [0.2, 0.25) is 0 Å². The fraction of sp³-hybridized carbons (Fsp3) is 0.286. The zero-order valence-corrected chi connectivity index (χ0v) is 11.3. The highest BCUT2D eigenvalue weighted by Gasteiger charge is 2.09. The van der Waals surface area contributed by atoms with Crippen LogP contribution in [0.1, 0.15) is 33.3 Å². The number of oxazole rings is 1. The first-order chi connectivity index (χ1) is 8.97. The number of nitrogens with one attached hydrogen (secondary N) is 1. The van der Waals surface area contributed by atoms with Crippen molar-refractivity contribution in [1.82, 2.24) is 10.3 Å². The predicted molar refractivity (Wildman–Crippen MR) is 72.7 cm³/mol. The molecule has 0 aliphatic heterocycles. The lowest BCUT2D eigenvalue weighted by Gasteiger charge is -2.05. The Morgan fingerprint density at radius 1 is 1.37 bits per heavy atom. The minimum absolute atomic E-state index is 0.170. The van der Waals surface area contributed by atoms with E-state index >= 15 is 0 Å². The summed E-state index contributed by atoms with van der Waals surface area (Å²) in [5.74, 6) is 1.11. The average molecular weight is 259 g/mol. The Bertz CT molecular complexity index is 598. The van der Waals surface area contributed by atoms with Gasteiger partial charge in [0.2, 0.25) is 5.89 Å². The number of hydrogen-bond acceptors (Lipinski definition) is 4. The Hall–Kier alpha value is -2.30. The summed E-state index contributed by atoms with van der Waals surface area (Å²) in [5.41, 5.74) is 8.69. The summed E-state index contributed by atoms with van der Waals surface area (Å²) in [6, 6.07) is 5.18. The van der Waals surface area contributed by atoms with E-state index in [1.54, 1.807) is 18.2 Å². The molecule has 5 heteroatoms. The summed E-state index contributed by atoms with van der Waals surface area (Å²) in [6.45, 7) is 5.86. The molecule has 100 valence electrons. The van der Waals surface area contributed by atoms with E-state index in [4.69, 9.17) is 10.2 Å². The lowest BCUT2D eigenvalue weighted by Crippen LogP contribution is -2.23. The molecule has 1 aromatic carbocycles. The Kier molecular flexibility index (Phi) is 3.55. The molecule has 0 spiro atoms. The Morgan fingerprint density at radius 2 is 2.11 bits per heavy atom. The van der Waals surface area contributed by atoms with E-state index in [1.165, 1.54) is 0 Å². The van der Waals surface area contributed by atoms with Crippen LogP contribution in [-0.4, -0.2) is 10.9 Å². The lowest BCUT2D eigenvalue weighted by molar-refractivity contribution is 0.0947. The highest BCUT2D eigenvalue weighted by molar-refractivity contribution is 5.94. The molecule has 0 bridgehead atoms. The molecule has 0 saturated carbocycles. The van der Waals surface area contributed by atoms with Gasteiger partial charge in [-0.1, -0.05) is 0 Å². The van der Waals surface area contributed by atoms with Crippen LogP contribution in [0.3, 0.4) is 0 Å². The van der Waals surface area contributed by atoms with E-state index in [-0.39, 0.29) is 12.5 Å². The maximum atomic E-state index is 12.0. The third-order valence-electron chi connectivity index (χ3n) is 3.00. The summed E-state index contributed by atoms with van der Waals surface area (Å²) < 4.78 is 5.40. The fourth-order valence-electron chi connectivity index (χ4n) is 1.69. The number of benzene rings is 1. The van der Waals surface area contributed by atoms with Gasteiger partial charge < -0.3 is 15.5 Å². The standard InChI is InChI=1S/C14H17N3O2/c1-8-6-11(4-5-12(8)15)14(18)16-7-13-17-9(2)10(3)19-13/h4-6H,7,15H2,1-3H3,(H,16,18). The van der Waals surface area contributed by atoms with E-state index in [0.717, 1.165) is 17.0 Å². The summed E-state index contributed by atoms with van der Waals surface area (Å²) >= 11 is 0. The van der Waals surface area contributed by atoms with Gasteiger partial charge in [0.05, 0.1) is 12.2 Å². The fourth-order valence-corrected chi connectivity index (χ4v) is 1.69. The van der Waals surface area contributed by atoms with Crippen LogP contribution in [0.5, 0.6) is 0 Å². The lowest BCUT2D eigenvalue weighted by atomic mass is 10.1. The van der Waals surface area contributed by atoms with Crippen molar-refractivity contribution in [2.24, 2.45) is 0 Å². The van der Waals surface area contributed by atoms with Crippen molar-refractivity contribution in [3.63, 3.8) is 0 Å². The van der Waals surface area contributed by atoms with Crippen LogP contribution >= 0.6 is 0 Å². The monoisotopic (exact) mass is 259 g/mol. The average Bonchev–Trinajstić information content (AvgIpc) is 2.69. The number of hydrogen-bond donors (Lipinski definition) is 2. The maximum absolute atomic E-state index is 12.0. The van der Waals surface area contributed by atoms with E-state index < -0.39 is 0 Å². The van der Waals surface area contributed by atoms with E-state index in [2.05, 4.69) is 10.3 Å². The van der Waals surface area contributed by atoms with E-state index in [0.29, 0.717) is 17.1 Å². The second-order valence-corrected chi connectivity index (χ2v) is 4.50. The Labute approximate surface area is 111 Å². The van der Waals surface area contributed by atoms with Gasteiger partial charge in [-0.2, -0.15) is 0 Å². The van der Waals surface area contributed by atoms with Gasteiger partial charge in [-0.25, -0.2) is 4.98 Å². The molecule has 0 unspecified atom stereocenters. The highest BCUT2D eigenvalue weighted by Crippen LogP contribution is 2.13. The highest BCUT2D eigenvalue weighted by atomic mass is 16.4. The molecule has 2 aromatic rings. The van der Waals surface area contributed by atoms with Gasteiger partial charge in [0.15, 0.2) is 0 Å². The van der Waals surface area contributed by atoms with Crippen molar-refractivity contribution in [2.75, 3.05) is 5.73 Å². The quantitative estimate of drug-likeness (QED) is 0.827. The molecule has 0 aliphatic rings. The number of carbonyl (C=O) groups excluding carboxylic acids is 1. The van der Waals surface area contributed by atoms with E-state index in [1.807, 2.05) is 20.8 Å². The Balaban J connectivity index is 2.03. The summed E-state index contributed by atoms with van der Waals surface area (Å²) in [5, 5.41) is 2.77. The van der Waals surface area contributed by atoms with Gasteiger partial charge in [-0.3, -0.25) is 4.79 Å². The molecule has 0 aliphatic carbocycles. The second-order valence-electron chi connectivity index (χ2n) is 4.50. The molecule has 3 N–H and O–H groups in total. The molecule has 2 rings (SSSR count). The smallest absolute Gasteiger partial charge is 0.251 e. The van der Waals surface area contributed by atoms with Gasteiger partial charge in [0.25, 0.3) is 5.91 Å². The molecule has 0 fully saturated rings. The summed E-state index contributed by atoms with van der Waals surface area (Å²) in [6.07, 6.45) is 0. The van der Waals surface area contributed by atoms with Crippen molar-refractivity contribution in [2.45, 2.75) is 27.3 Å². The number of nitrogens with two attached hydrogens (primary N) is 1. The number of amides is 1. The minimum Gasteiger partial charge on any atom is -0.444 e. The van der Waals surface area contributed by atoms with Crippen LogP contribution in [0.15, 0.2) is 22.6 Å². The Morgan fingerprint density at radius 3 is 2.68 bits per heavy atom. The number of carbonyl (C=O) groups is 1. The molecular weight excluding hydrogens is 242 g/mol. The van der Waals surface area contributed by atoms with Gasteiger partial charge in [0, 0.05) is 11.3 Å². The predicted octanol–water partition coefficient (Wildman–Crippen LogP) is 2.11. The first-order valence-electron chi connectivity index (χ1n) is 6.04. The molecule has 1 heterocycles. The topological polar surface area (TPSA) is 81.2 Å². The SMILES string of the molecule is Cc1cc(C(=O)NCc2nc(C)c(C)o2)ccc1N. The first kappa shape index (κ1) is 13.1. The number of anilines is 1. The van der Waals surface area contributed by atoms with Crippen LogP contribution in [0, 0.1) is 20.8 Å². The van der Waals surface area contributed by atoms with Crippen molar-refractivity contribution >= 4 is 11.6 Å². The van der Waals surface area contributed by atoms with E-state index in [9.17, 15) is 4.79 Å². The summed E-state index contributed by atoms with van der Waals surface area (Å²) in [7, 11) is 0. The third kappa shape index (κ3) is 2.93. The first-order valence-corrected chi connectivity index (χ1v) is 6.04. The number of aromatic nitrogens is 1. The minimum atomic E-state index is -0.170. The van der Waals surface area contributed by atoms with Gasteiger partial charge >= 0.3 is 0 Å². The van der Waals surface area contributed by atoms with Crippen molar-refractivity contribution in [3.05, 3.63) is 46.7 Å². The van der Waals surface area contributed by atoms with Crippen LogP contribution in [0.4, 0.5) is 5.69 Å². The zero-order valence-electron chi connectivity index (χ0n) is 11.3. The number of aryl methyl sites for hydroxylation is 3. The van der Waals surface area contributed by atoms with Crippen LogP contribution < -0.4 is 11.1 Å². The van der Waals surface area contributed by atoms with Crippen molar-refractivity contribution in [3.8, 4) is 0 Å². The van der Waals surface area contributed by atoms with Crippen molar-refractivity contribution < 1.29 is 9.21 Å².